The Morgan fingerprint density at radius 3 is 2.24 bits per heavy atom. The molecule has 3 aliphatic carbocycles. The minimum Gasteiger partial charge on any atom is -0.469 e. The molecule has 3 nitrogen and oxygen atoms in total. The van der Waals surface area contributed by atoms with E-state index in [1.165, 1.54) is 18.2 Å². The Bertz CT molecular complexity index is 1940. The van der Waals surface area contributed by atoms with Crippen LogP contribution in [0.3, 0.4) is 0 Å². The summed E-state index contributed by atoms with van der Waals surface area (Å²) in [6, 6.07) is 27.6. The van der Waals surface area contributed by atoms with E-state index in [9.17, 15) is 9.59 Å². The van der Waals surface area contributed by atoms with Crippen molar-refractivity contribution in [2.75, 3.05) is 7.11 Å². The summed E-state index contributed by atoms with van der Waals surface area (Å²) in [7, 11) is 1.49. The Morgan fingerprint density at radius 2 is 1.51 bits per heavy atom. The van der Waals surface area contributed by atoms with Gasteiger partial charge in [-0.25, -0.2) is 0 Å². The molecule has 4 atom stereocenters. The summed E-state index contributed by atoms with van der Waals surface area (Å²) in [5.74, 6) is 12.9. The number of esters is 1. The molecule has 0 amide bonds. The molecule has 0 radical (unpaired) electrons. The quantitative estimate of drug-likeness (QED) is 0.168. The molecule has 3 heteroatoms. The Hall–Kier alpha value is -4.86. The number of hydrogen-bond acceptors (Lipinski definition) is 3. The maximum atomic E-state index is 13.7. The third-order valence-electron chi connectivity index (χ3n) is 9.46. The van der Waals surface area contributed by atoms with Crippen molar-refractivity contribution < 1.29 is 14.3 Å². The molecule has 0 heterocycles. The fraction of sp³-hybridized carbons (Fsp3) is 0.211. The van der Waals surface area contributed by atoms with Crippen LogP contribution >= 0.6 is 0 Å². The van der Waals surface area contributed by atoms with Gasteiger partial charge >= 0.3 is 5.97 Å². The largest absolute Gasteiger partial charge is 0.469 e. The molecule has 2 unspecified atom stereocenters. The van der Waals surface area contributed by atoms with Crippen LogP contribution in [0.2, 0.25) is 0 Å². The van der Waals surface area contributed by atoms with Gasteiger partial charge in [0, 0.05) is 45.1 Å². The van der Waals surface area contributed by atoms with E-state index in [0.717, 1.165) is 33.4 Å². The highest BCUT2D eigenvalue weighted by Gasteiger charge is 2.89. The molecule has 0 saturated heterocycles. The molecule has 4 aromatic carbocycles. The maximum Gasteiger partial charge on any atom is 0.314 e. The Labute approximate surface area is 240 Å². The normalized spacial score (nSPS) is 23.6. The average Bonchev–Trinajstić information content (AvgIpc) is 3.30. The first-order valence-corrected chi connectivity index (χ1v) is 13.9. The second-order valence-electron chi connectivity index (χ2n) is 11.4. The third-order valence-corrected chi connectivity index (χ3v) is 9.46. The van der Waals surface area contributed by atoms with E-state index in [0.29, 0.717) is 11.1 Å². The van der Waals surface area contributed by atoms with E-state index >= 15 is 0 Å². The lowest BCUT2D eigenvalue weighted by Gasteiger charge is -2.21. The summed E-state index contributed by atoms with van der Waals surface area (Å²) >= 11 is 0. The van der Waals surface area contributed by atoms with E-state index in [1.54, 1.807) is 0 Å². The number of carbonyl (C=O) groups excluding carboxylic acids is 2. The lowest BCUT2D eigenvalue weighted by Crippen LogP contribution is -2.27. The van der Waals surface area contributed by atoms with E-state index in [2.05, 4.69) is 48.8 Å². The van der Waals surface area contributed by atoms with E-state index in [-0.39, 0.29) is 23.6 Å². The number of ether oxygens (including phenoxy) is 1. The van der Waals surface area contributed by atoms with Crippen LogP contribution in [-0.2, 0) is 14.9 Å². The highest BCUT2D eigenvalue weighted by molar-refractivity contribution is 6.09. The molecule has 4 aromatic rings. The molecule has 0 spiro atoms. The van der Waals surface area contributed by atoms with Gasteiger partial charge in [0.15, 0.2) is 5.78 Å². The van der Waals surface area contributed by atoms with Crippen molar-refractivity contribution in [1.29, 1.82) is 0 Å². The summed E-state index contributed by atoms with van der Waals surface area (Å²) in [6.07, 6.45) is 0. The first-order valence-electron chi connectivity index (χ1n) is 13.9. The van der Waals surface area contributed by atoms with Gasteiger partial charge < -0.3 is 4.74 Å². The first kappa shape index (κ1) is 25.1. The van der Waals surface area contributed by atoms with Crippen molar-refractivity contribution in [3.8, 4) is 23.7 Å². The van der Waals surface area contributed by atoms with Gasteiger partial charge in [0.25, 0.3) is 0 Å². The standard InChI is InChI=1S/C38H28O3/c1-5-10-26-20-19-25(18-17-24-12-9-14-28(22-24)34(39)27-13-8-11-23(2)21-27)31-32(26)37(3)35-30-16-7-6-15-29(30)33(31)38(35,37)36(40)41-4/h6-9,11-16,19-22,33,35H,1-4H3/t33?,35?,37-,38+/m1/s1. The minimum atomic E-state index is -0.685. The predicted octanol–water partition coefficient (Wildman–Crippen LogP) is 6.67. The highest BCUT2D eigenvalue weighted by Crippen LogP contribution is 2.89. The molecule has 0 bridgehead atoms. The maximum absolute atomic E-state index is 13.7. The minimum absolute atomic E-state index is 0.0256. The zero-order chi connectivity index (χ0) is 28.5. The van der Waals surface area contributed by atoms with Crippen molar-refractivity contribution in [2.45, 2.75) is 38.0 Å². The molecule has 0 aliphatic heterocycles. The van der Waals surface area contributed by atoms with E-state index < -0.39 is 10.8 Å². The molecule has 198 valence electrons. The van der Waals surface area contributed by atoms with Gasteiger partial charge in [-0.3, -0.25) is 9.59 Å². The third kappa shape index (κ3) is 3.18. The number of fused-ring (bicyclic) bond motifs is 7. The molecule has 41 heavy (non-hydrogen) atoms. The molecule has 1 fully saturated rings. The van der Waals surface area contributed by atoms with Crippen molar-refractivity contribution in [3.05, 3.63) is 141 Å². The summed E-state index contributed by atoms with van der Waals surface area (Å²) < 4.78 is 5.49. The van der Waals surface area contributed by atoms with Gasteiger partial charge in [-0.1, -0.05) is 84.8 Å². The molecule has 3 aliphatic rings. The predicted molar refractivity (Wildman–Crippen MR) is 159 cm³/mol. The second-order valence-corrected chi connectivity index (χ2v) is 11.4. The highest BCUT2D eigenvalue weighted by atomic mass is 16.5. The van der Waals surface area contributed by atoms with Gasteiger partial charge in [0.05, 0.1) is 12.5 Å². The van der Waals surface area contributed by atoms with Gasteiger partial charge in [-0.2, -0.15) is 0 Å². The van der Waals surface area contributed by atoms with E-state index in [1.807, 2.05) is 80.6 Å². The van der Waals surface area contributed by atoms with Crippen LogP contribution in [0.25, 0.3) is 0 Å². The first-order chi connectivity index (χ1) is 19.9. The fourth-order valence-electron chi connectivity index (χ4n) is 7.96. The molecule has 1 saturated carbocycles. The van der Waals surface area contributed by atoms with Crippen molar-refractivity contribution in [2.24, 2.45) is 5.41 Å². The molecule has 0 aromatic heterocycles. The summed E-state index contributed by atoms with van der Waals surface area (Å²) in [5, 5.41) is 0. The number of hydrogen-bond donors (Lipinski definition) is 0. The van der Waals surface area contributed by atoms with Gasteiger partial charge in [0.2, 0.25) is 0 Å². The Kier molecular flexibility index (Phi) is 5.41. The Balaban J connectivity index is 1.37. The van der Waals surface area contributed by atoms with Crippen molar-refractivity contribution in [3.63, 3.8) is 0 Å². The number of rotatable bonds is 3. The number of carbonyl (C=O) groups is 2. The lowest BCUT2D eigenvalue weighted by atomic mass is 9.82. The monoisotopic (exact) mass is 532 g/mol. The van der Waals surface area contributed by atoms with Crippen LogP contribution in [0.5, 0.6) is 0 Å². The van der Waals surface area contributed by atoms with Crippen LogP contribution in [0.1, 0.15) is 86.1 Å². The van der Waals surface area contributed by atoms with Gasteiger partial charge in [-0.15, -0.1) is 5.92 Å². The number of ketones is 1. The van der Waals surface area contributed by atoms with Crippen LogP contribution in [0, 0.1) is 36.0 Å². The second kappa shape index (κ2) is 8.82. The van der Waals surface area contributed by atoms with Gasteiger partial charge in [-0.05, 0) is 66.4 Å². The number of aryl methyl sites for hydroxylation is 1. The van der Waals surface area contributed by atoms with Crippen LogP contribution in [0.15, 0.2) is 84.9 Å². The van der Waals surface area contributed by atoms with Crippen LogP contribution in [0.4, 0.5) is 0 Å². The SMILES string of the molecule is CC#Cc1ccc(C#Cc2cccc(C(=O)c3cccc(C)c3)c2)c2c1[C@]1(C)C3c4ccccc4C2[C@@]31C(=O)OC. The Morgan fingerprint density at radius 1 is 0.805 bits per heavy atom. The molecular formula is C38H28O3. The summed E-state index contributed by atoms with van der Waals surface area (Å²) in [6.45, 7) is 6.02. The number of benzene rings is 4. The molecular weight excluding hydrogens is 504 g/mol. The summed E-state index contributed by atoms with van der Waals surface area (Å²) in [5.41, 5.74) is 8.41. The van der Waals surface area contributed by atoms with Gasteiger partial charge in [0.1, 0.15) is 0 Å². The smallest absolute Gasteiger partial charge is 0.314 e. The van der Waals surface area contributed by atoms with Crippen LogP contribution in [-0.4, -0.2) is 18.9 Å². The summed E-state index contributed by atoms with van der Waals surface area (Å²) in [4.78, 5) is 26.8. The van der Waals surface area contributed by atoms with Crippen molar-refractivity contribution in [1.82, 2.24) is 0 Å². The lowest BCUT2D eigenvalue weighted by molar-refractivity contribution is -0.148. The zero-order valence-corrected chi connectivity index (χ0v) is 23.5. The zero-order valence-electron chi connectivity index (χ0n) is 23.5. The van der Waals surface area contributed by atoms with Crippen LogP contribution < -0.4 is 0 Å². The molecule has 0 N–H and O–H groups in total. The van der Waals surface area contributed by atoms with E-state index in [4.69, 9.17) is 4.74 Å². The fourth-order valence-corrected chi connectivity index (χ4v) is 7.96. The topological polar surface area (TPSA) is 43.4 Å². The number of methoxy groups -OCH3 is 1. The average molecular weight is 533 g/mol. The van der Waals surface area contributed by atoms with Crippen molar-refractivity contribution >= 4 is 11.8 Å². The molecule has 7 rings (SSSR count).